The summed E-state index contributed by atoms with van der Waals surface area (Å²) in [6.45, 7) is 3.46. The zero-order chi connectivity index (χ0) is 4.24. The predicted octanol–water partition coefficient (Wildman–Crippen LogP) is -0.508. The lowest BCUT2D eigenvalue weighted by Gasteiger charge is -2.02. The highest BCUT2D eigenvalue weighted by Crippen LogP contribution is 1.74. The van der Waals surface area contributed by atoms with Crippen LogP contribution in [0.5, 0.6) is 0 Å². The van der Waals surface area contributed by atoms with E-state index in [4.69, 9.17) is 0 Å². The van der Waals surface area contributed by atoms with Crippen molar-refractivity contribution in [2.24, 2.45) is 0 Å². The van der Waals surface area contributed by atoms with Crippen LogP contribution in [-0.4, -0.2) is 6.54 Å². The van der Waals surface area contributed by atoms with Gasteiger partial charge >= 0.3 is 0 Å². The number of hydrazine groups is 1. The summed E-state index contributed by atoms with van der Waals surface area (Å²) in [7, 11) is 0. The van der Waals surface area contributed by atoms with E-state index in [9.17, 15) is 0 Å². The van der Waals surface area contributed by atoms with Crippen molar-refractivity contribution in [3.8, 4) is 0 Å². The summed E-state index contributed by atoms with van der Waals surface area (Å²) in [5.41, 5.74) is 5.45. The van der Waals surface area contributed by atoms with Crippen molar-refractivity contribution < 1.29 is 0 Å². The van der Waals surface area contributed by atoms with E-state index in [1.54, 1.807) is 0 Å². The Hall–Kier alpha value is -0.340. The molecule has 0 aromatic carbocycles. The van der Waals surface area contributed by atoms with Gasteiger partial charge in [0.05, 0.1) is 0 Å². The van der Waals surface area contributed by atoms with Gasteiger partial charge in [-0.2, -0.15) is 0 Å². The van der Waals surface area contributed by atoms with Gasteiger partial charge in [-0.15, -0.1) is 0 Å². The summed E-state index contributed by atoms with van der Waals surface area (Å²) in [6, 6.07) is 0. The molecule has 1 heterocycles. The molecule has 1 rings (SSSR count). The van der Waals surface area contributed by atoms with Crippen molar-refractivity contribution in [2.75, 3.05) is 6.54 Å². The fraction of sp³-hybridized carbons (Fsp3) is 0.250. The molecule has 2 N–H and O–H groups in total. The second-order valence-corrected chi connectivity index (χ2v) is 0.979. The predicted molar refractivity (Wildman–Crippen MR) is 22.2 cm³/mol. The van der Waals surface area contributed by atoms with E-state index < -0.39 is 0 Å². The summed E-state index contributed by atoms with van der Waals surface area (Å²) in [5, 5.41) is 0. The maximum atomic E-state index is 2.81. The molecule has 31 valence electrons. The number of hydrogen-bond donors (Lipinski definition) is 2. The smallest absolute Gasteiger partial charge is 0.109 e. The molecule has 0 amide bonds. The van der Waals surface area contributed by atoms with E-state index in [-0.39, 0.29) is 0 Å². The molecule has 0 fully saturated rings. The van der Waals surface area contributed by atoms with Crippen LogP contribution in [0.25, 0.3) is 0 Å². The minimum Gasteiger partial charge on any atom is -0.253 e. The van der Waals surface area contributed by atoms with Gasteiger partial charge in [0.1, 0.15) is 6.54 Å². The molecule has 2 nitrogen and oxygen atoms in total. The van der Waals surface area contributed by atoms with Gasteiger partial charge in [0.15, 0.2) is 0 Å². The minimum atomic E-state index is 0.840. The van der Waals surface area contributed by atoms with Crippen molar-refractivity contribution in [1.82, 2.24) is 10.9 Å². The molecular weight excluding hydrogens is 76.1 g/mol. The minimum absolute atomic E-state index is 0.840. The maximum Gasteiger partial charge on any atom is 0.109 e. The summed E-state index contributed by atoms with van der Waals surface area (Å²) in [4.78, 5) is 0. The van der Waals surface area contributed by atoms with E-state index in [0.29, 0.717) is 0 Å². The number of rotatable bonds is 0. The SMILES string of the molecule is [C]1[C]=CCNN1. The zero-order valence-electron chi connectivity index (χ0n) is 3.28. The lowest BCUT2D eigenvalue weighted by Crippen LogP contribution is -2.31. The van der Waals surface area contributed by atoms with E-state index in [1.807, 2.05) is 6.08 Å². The Labute approximate surface area is 37.2 Å². The van der Waals surface area contributed by atoms with Gasteiger partial charge in [-0.3, -0.25) is 5.43 Å². The van der Waals surface area contributed by atoms with E-state index in [1.165, 1.54) is 0 Å². The molecule has 0 spiro atoms. The average molecular weight is 81.1 g/mol. The average Bonchev–Trinajstić information content (AvgIpc) is 1.72. The van der Waals surface area contributed by atoms with Crippen molar-refractivity contribution in [1.29, 1.82) is 0 Å². The van der Waals surface area contributed by atoms with Gasteiger partial charge < -0.3 is 0 Å². The Kier molecular flexibility index (Phi) is 1.25. The molecule has 3 radical (unpaired) electrons. The molecule has 0 saturated carbocycles. The fourth-order valence-electron chi connectivity index (χ4n) is 0.284. The number of hydrogen-bond acceptors (Lipinski definition) is 2. The van der Waals surface area contributed by atoms with Crippen molar-refractivity contribution in [2.45, 2.75) is 0 Å². The lowest BCUT2D eigenvalue weighted by atomic mass is 10.5. The summed E-state index contributed by atoms with van der Waals surface area (Å²) < 4.78 is 0. The van der Waals surface area contributed by atoms with Crippen LogP contribution >= 0.6 is 0 Å². The third kappa shape index (κ3) is 0.808. The van der Waals surface area contributed by atoms with Crippen LogP contribution in [0, 0.1) is 12.6 Å². The van der Waals surface area contributed by atoms with Gasteiger partial charge in [-0.25, -0.2) is 5.43 Å². The van der Waals surface area contributed by atoms with E-state index >= 15 is 0 Å². The first-order valence-electron chi connectivity index (χ1n) is 1.80. The normalized spacial score (nSPS) is 21.3. The first-order chi connectivity index (χ1) is 3.00. The van der Waals surface area contributed by atoms with Crippen LogP contribution in [0.2, 0.25) is 0 Å². The molecule has 0 saturated heterocycles. The molecule has 1 aliphatic rings. The van der Waals surface area contributed by atoms with Gasteiger partial charge in [0, 0.05) is 6.54 Å². The first-order valence-corrected chi connectivity index (χ1v) is 1.80. The van der Waals surface area contributed by atoms with Crippen LogP contribution in [0.4, 0.5) is 0 Å². The van der Waals surface area contributed by atoms with Crippen LogP contribution in [0.15, 0.2) is 6.08 Å². The van der Waals surface area contributed by atoms with Gasteiger partial charge in [-0.05, 0) is 6.08 Å². The molecule has 0 unspecified atom stereocenters. The van der Waals surface area contributed by atoms with Crippen LogP contribution in [0.3, 0.4) is 0 Å². The van der Waals surface area contributed by atoms with Crippen molar-refractivity contribution >= 4 is 0 Å². The Morgan fingerprint density at radius 3 is 2.83 bits per heavy atom. The molecule has 0 aromatic heterocycles. The van der Waals surface area contributed by atoms with Crippen LogP contribution in [-0.2, 0) is 0 Å². The first kappa shape index (κ1) is 3.84. The Bertz CT molecular complexity index is 50.6. The van der Waals surface area contributed by atoms with E-state index in [2.05, 4.69) is 23.5 Å². The number of nitrogens with one attached hydrogen (secondary N) is 2. The molecule has 0 atom stereocenters. The lowest BCUT2D eigenvalue weighted by molar-refractivity contribution is 0.632. The zero-order valence-corrected chi connectivity index (χ0v) is 3.28. The molecule has 6 heavy (non-hydrogen) atoms. The summed E-state index contributed by atoms with van der Waals surface area (Å²) >= 11 is 0. The highest BCUT2D eigenvalue weighted by Gasteiger charge is 1.84. The third-order valence-electron chi connectivity index (χ3n) is 0.529. The molecule has 0 aliphatic carbocycles. The van der Waals surface area contributed by atoms with Crippen LogP contribution < -0.4 is 10.9 Å². The maximum absolute atomic E-state index is 2.81. The Balaban J connectivity index is 2.26. The molecule has 0 aromatic rings. The molecular formula is C4H5N2. The largest absolute Gasteiger partial charge is 0.253 e. The standard InChI is InChI=1S/C4H5N2/c1-2-4-6-5-3-1/h1,5-6H,3H2. The summed E-state index contributed by atoms with van der Waals surface area (Å²) in [5.74, 6) is 0. The molecule has 1 aliphatic heterocycles. The topological polar surface area (TPSA) is 24.1 Å². The van der Waals surface area contributed by atoms with Crippen molar-refractivity contribution in [3.63, 3.8) is 0 Å². The highest BCUT2D eigenvalue weighted by atomic mass is 15.3. The summed E-state index contributed by atoms with van der Waals surface area (Å²) in [6.07, 6.45) is 4.59. The van der Waals surface area contributed by atoms with Gasteiger partial charge in [0.25, 0.3) is 0 Å². The van der Waals surface area contributed by atoms with Crippen molar-refractivity contribution in [3.05, 3.63) is 18.7 Å². The van der Waals surface area contributed by atoms with Gasteiger partial charge in [0.2, 0.25) is 0 Å². The van der Waals surface area contributed by atoms with Gasteiger partial charge in [-0.1, -0.05) is 6.08 Å². The second-order valence-electron chi connectivity index (χ2n) is 0.979. The highest BCUT2D eigenvalue weighted by molar-refractivity contribution is 4.88. The molecule has 2 heteroatoms. The second kappa shape index (κ2) is 1.95. The fourth-order valence-corrected chi connectivity index (χ4v) is 0.284. The molecule has 0 bridgehead atoms. The Morgan fingerprint density at radius 2 is 2.67 bits per heavy atom. The monoisotopic (exact) mass is 81.0 g/mol. The third-order valence-corrected chi connectivity index (χ3v) is 0.529. The Morgan fingerprint density at radius 1 is 1.67 bits per heavy atom. The quantitative estimate of drug-likeness (QED) is 0.410. The van der Waals surface area contributed by atoms with E-state index in [0.717, 1.165) is 6.54 Å². The van der Waals surface area contributed by atoms with Crippen LogP contribution in [0.1, 0.15) is 0 Å².